The number of amides is 1. The second-order valence-corrected chi connectivity index (χ2v) is 7.32. The third kappa shape index (κ3) is 6.94. The van der Waals surface area contributed by atoms with Gasteiger partial charge in [0.15, 0.2) is 5.69 Å². The number of nitro benzene ring substituents is 2. The Bertz CT molecular complexity index is 1300. The van der Waals surface area contributed by atoms with Crippen molar-refractivity contribution in [3.63, 3.8) is 0 Å². The maximum atomic E-state index is 11.9. The molecule has 0 radical (unpaired) electrons. The van der Waals surface area contributed by atoms with Gasteiger partial charge in [-0.3, -0.25) is 29.8 Å². The lowest BCUT2D eigenvalue weighted by molar-refractivity contribution is -0.393. The summed E-state index contributed by atoms with van der Waals surface area (Å²) in [5.41, 5.74) is -1.69. The first-order chi connectivity index (χ1) is 17.6. The van der Waals surface area contributed by atoms with Gasteiger partial charge < -0.3 is 19.7 Å². The Morgan fingerprint density at radius 1 is 1.14 bits per heavy atom. The van der Waals surface area contributed by atoms with Gasteiger partial charge in [-0.05, 0) is 13.0 Å². The minimum atomic E-state index is -0.916. The number of hydrogen-bond donors (Lipinski definition) is 1. The van der Waals surface area contributed by atoms with Gasteiger partial charge in [0.1, 0.15) is 17.5 Å². The number of hydrogen-bond acceptors (Lipinski definition) is 12. The maximum Gasteiger partial charge on any atom is 0.307 e. The minimum Gasteiger partial charge on any atom is -0.494 e. The molecule has 2 aromatic rings. The number of ether oxygens (including phenoxy) is 2. The van der Waals surface area contributed by atoms with Crippen LogP contribution in [0.15, 0.2) is 34.5 Å². The standard InChI is InChI=1S/C22H23N7O8/c1-5-27(7-6-21(31)37-4)18-10-16(24-13(2)30)17(11-20(18)36-3)25-26-22-14(12-23)8-15(28(32)33)9-19(22)29(34)35/h8-11H,5-7H2,1-4H3,(H,24,30)/b26-25+. The number of anilines is 2. The number of nitro groups is 2. The summed E-state index contributed by atoms with van der Waals surface area (Å²) in [5, 5.41) is 42.4. The van der Waals surface area contributed by atoms with Crippen molar-refractivity contribution in [1.29, 1.82) is 5.26 Å². The van der Waals surface area contributed by atoms with E-state index in [1.54, 1.807) is 11.0 Å². The number of nitrogens with zero attached hydrogens (tertiary/aromatic N) is 6. The number of benzene rings is 2. The fraction of sp³-hybridized carbons (Fsp3) is 0.318. The van der Waals surface area contributed by atoms with Crippen LogP contribution in [0.3, 0.4) is 0 Å². The largest absolute Gasteiger partial charge is 0.494 e. The van der Waals surface area contributed by atoms with Crippen LogP contribution in [0.2, 0.25) is 0 Å². The zero-order valence-electron chi connectivity index (χ0n) is 20.4. The van der Waals surface area contributed by atoms with E-state index in [4.69, 9.17) is 4.74 Å². The zero-order chi connectivity index (χ0) is 27.7. The molecular weight excluding hydrogens is 490 g/mol. The van der Waals surface area contributed by atoms with E-state index in [0.717, 1.165) is 6.07 Å². The molecule has 0 fully saturated rings. The summed E-state index contributed by atoms with van der Waals surface area (Å²) in [6.07, 6.45) is 0.0885. The Balaban J connectivity index is 2.66. The smallest absolute Gasteiger partial charge is 0.307 e. The lowest BCUT2D eigenvalue weighted by Gasteiger charge is -2.25. The molecular formula is C22H23N7O8. The molecule has 0 bridgehead atoms. The van der Waals surface area contributed by atoms with Gasteiger partial charge in [0, 0.05) is 32.1 Å². The van der Waals surface area contributed by atoms with Gasteiger partial charge >= 0.3 is 11.7 Å². The van der Waals surface area contributed by atoms with Gasteiger partial charge in [0.25, 0.3) is 5.69 Å². The Kier molecular flexibility index (Phi) is 9.53. The Morgan fingerprint density at radius 2 is 1.84 bits per heavy atom. The molecule has 0 saturated heterocycles. The number of carbonyl (C=O) groups is 2. The minimum absolute atomic E-state index is 0.0244. The van der Waals surface area contributed by atoms with E-state index in [1.165, 1.54) is 33.3 Å². The molecule has 2 aromatic carbocycles. The molecule has 0 aliphatic heterocycles. The molecule has 1 amide bonds. The predicted molar refractivity (Wildman–Crippen MR) is 130 cm³/mol. The fourth-order valence-corrected chi connectivity index (χ4v) is 3.26. The number of non-ortho nitro benzene ring substituents is 1. The van der Waals surface area contributed by atoms with Crippen LogP contribution in [0, 0.1) is 31.6 Å². The van der Waals surface area contributed by atoms with Crippen molar-refractivity contribution in [1.82, 2.24) is 0 Å². The number of rotatable bonds is 11. The second-order valence-electron chi connectivity index (χ2n) is 7.32. The number of nitrogens with one attached hydrogen (secondary N) is 1. The van der Waals surface area contributed by atoms with Crippen LogP contribution in [0.5, 0.6) is 5.75 Å². The zero-order valence-corrected chi connectivity index (χ0v) is 20.4. The van der Waals surface area contributed by atoms with Gasteiger partial charge in [-0.1, -0.05) is 0 Å². The first-order valence-corrected chi connectivity index (χ1v) is 10.7. The Labute approximate surface area is 210 Å². The number of esters is 1. The third-order valence-electron chi connectivity index (χ3n) is 5.00. The van der Waals surface area contributed by atoms with Crippen LogP contribution in [0.25, 0.3) is 0 Å². The Hall–Kier alpha value is -5.13. The number of nitriles is 1. The van der Waals surface area contributed by atoms with Crippen LogP contribution < -0.4 is 15.0 Å². The first kappa shape index (κ1) is 28.1. The van der Waals surface area contributed by atoms with Gasteiger partial charge in [-0.2, -0.15) is 5.26 Å². The summed E-state index contributed by atoms with van der Waals surface area (Å²) < 4.78 is 10.1. The molecule has 0 aliphatic rings. The van der Waals surface area contributed by atoms with Crippen molar-refractivity contribution in [2.45, 2.75) is 20.3 Å². The van der Waals surface area contributed by atoms with E-state index >= 15 is 0 Å². The molecule has 1 N–H and O–H groups in total. The van der Waals surface area contributed by atoms with E-state index in [1.807, 2.05) is 6.92 Å². The average Bonchev–Trinajstić information content (AvgIpc) is 2.87. The van der Waals surface area contributed by atoms with Crippen molar-refractivity contribution in [2.24, 2.45) is 10.2 Å². The maximum absolute atomic E-state index is 11.9. The predicted octanol–water partition coefficient (Wildman–Crippen LogP) is 4.15. The summed E-state index contributed by atoms with van der Waals surface area (Å²) in [6, 6.07) is 6.12. The van der Waals surface area contributed by atoms with Crippen molar-refractivity contribution >= 4 is 46.0 Å². The van der Waals surface area contributed by atoms with E-state index in [9.17, 15) is 35.1 Å². The number of methoxy groups -OCH3 is 2. The highest BCUT2D eigenvalue weighted by atomic mass is 16.6. The fourth-order valence-electron chi connectivity index (χ4n) is 3.26. The summed E-state index contributed by atoms with van der Waals surface area (Å²) in [4.78, 5) is 46.1. The lowest BCUT2D eigenvalue weighted by atomic mass is 10.1. The van der Waals surface area contributed by atoms with Gasteiger partial charge in [0.2, 0.25) is 5.91 Å². The molecule has 37 heavy (non-hydrogen) atoms. The lowest BCUT2D eigenvalue weighted by Crippen LogP contribution is -2.26. The quantitative estimate of drug-likeness (QED) is 0.197. The monoisotopic (exact) mass is 513 g/mol. The van der Waals surface area contributed by atoms with E-state index in [2.05, 4.69) is 20.3 Å². The molecule has 194 valence electrons. The second kappa shape index (κ2) is 12.5. The number of azo groups is 1. The summed E-state index contributed by atoms with van der Waals surface area (Å²) in [7, 11) is 2.67. The third-order valence-corrected chi connectivity index (χ3v) is 5.00. The van der Waals surface area contributed by atoms with Crippen molar-refractivity contribution < 1.29 is 28.9 Å². The van der Waals surface area contributed by atoms with E-state index in [-0.39, 0.29) is 30.1 Å². The molecule has 0 spiro atoms. The van der Waals surface area contributed by atoms with Crippen LogP contribution >= 0.6 is 0 Å². The van der Waals surface area contributed by atoms with Crippen LogP contribution in [0.1, 0.15) is 25.8 Å². The molecule has 0 heterocycles. The van der Waals surface area contributed by atoms with Crippen LogP contribution in [0.4, 0.5) is 34.1 Å². The normalized spacial score (nSPS) is 10.5. The average molecular weight is 513 g/mol. The molecule has 0 atom stereocenters. The van der Waals surface area contributed by atoms with Gasteiger partial charge in [-0.25, -0.2) is 0 Å². The number of carbonyl (C=O) groups excluding carboxylic acids is 2. The molecule has 2 rings (SSSR count). The summed E-state index contributed by atoms with van der Waals surface area (Å²) in [6.45, 7) is 3.85. The molecule has 0 aromatic heterocycles. The molecule has 0 saturated carbocycles. The van der Waals surface area contributed by atoms with Crippen molar-refractivity contribution in [3.05, 3.63) is 50.1 Å². The summed E-state index contributed by atoms with van der Waals surface area (Å²) >= 11 is 0. The van der Waals surface area contributed by atoms with Crippen LogP contribution in [-0.2, 0) is 14.3 Å². The molecule has 0 unspecified atom stereocenters. The highest BCUT2D eigenvalue weighted by molar-refractivity contribution is 5.94. The van der Waals surface area contributed by atoms with Crippen molar-refractivity contribution in [2.75, 3.05) is 37.5 Å². The topological polar surface area (TPSA) is 203 Å². The van der Waals surface area contributed by atoms with Gasteiger partial charge in [0.05, 0.1) is 53.5 Å². The molecule has 15 heteroatoms. The molecule has 0 aliphatic carbocycles. The SMILES string of the molecule is CCN(CCC(=O)OC)c1cc(NC(C)=O)c(/N=N/c2c(C#N)cc([N+](=O)[O-])cc2[N+](=O)[O-])cc1OC. The highest BCUT2D eigenvalue weighted by Gasteiger charge is 2.25. The van der Waals surface area contributed by atoms with E-state index < -0.39 is 44.3 Å². The summed E-state index contributed by atoms with van der Waals surface area (Å²) in [5.74, 6) is -0.583. The first-order valence-electron chi connectivity index (χ1n) is 10.7. The van der Waals surface area contributed by atoms with Gasteiger partial charge in [-0.15, -0.1) is 10.2 Å². The Morgan fingerprint density at radius 3 is 2.35 bits per heavy atom. The highest BCUT2D eigenvalue weighted by Crippen LogP contribution is 2.41. The van der Waals surface area contributed by atoms with Crippen molar-refractivity contribution in [3.8, 4) is 11.8 Å². The van der Waals surface area contributed by atoms with Crippen LogP contribution in [-0.4, -0.2) is 49.0 Å². The molecule has 15 nitrogen and oxygen atoms in total. The van der Waals surface area contributed by atoms with E-state index in [0.29, 0.717) is 18.3 Å².